The van der Waals surface area contributed by atoms with E-state index in [1.165, 1.54) is 6.20 Å². The van der Waals surface area contributed by atoms with Gasteiger partial charge in [0.25, 0.3) is 11.8 Å². The number of methoxy groups -OCH3 is 2. The zero-order chi connectivity index (χ0) is 22.2. The normalized spacial score (nSPS) is 10.9. The van der Waals surface area contributed by atoms with Gasteiger partial charge >= 0.3 is 0 Å². The minimum atomic E-state index is -0.340. The molecule has 10 heteroatoms. The van der Waals surface area contributed by atoms with Crippen LogP contribution >= 0.6 is 0 Å². The van der Waals surface area contributed by atoms with E-state index >= 15 is 0 Å². The molecule has 2 heterocycles. The Balaban J connectivity index is 1.89. The number of carbonyl (C=O) groups is 2. The molecule has 0 atom stereocenters. The maximum absolute atomic E-state index is 12.7. The molecule has 1 aromatic carbocycles. The molecule has 3 rings (SSSR count). The third-order valence-corrected chi connectivity index (χ3v) is 4.54. The van der Waals surface area contributed by atoms with Gasteiger partial charge in [0.1, 0.15) is 5.52 Å². The molecule has 0 saturated heterocycles. The topological polar surface area (TPSA) is 133 Å². The van der Waals surface area contributed by atoms with E-state index < -0.39 is 0 Å². The fourth-order valence-corrected chi connectivity index (χ4v) is 3.03. The van der Waals surface area contributed by atoms with Crippen LogP contribution in [0.4, 0.5) is 11.6 Å². The number of imidazole rings is 1. The average molecular weight is 426 g/mol. The van der Waals surface area contributed by atoms with Gasteiger partial charge in [0.15, 0.2) is 5.65 Å². The van der Waals surface area contributed by atoms with Gasteiger partial charge < -0.3 is 20.5 Å². The lowest BCUT2D eigenvalue weighted by atomic mass is 10.2. The second-order valence-electron chi connectivity index (χ2n) is 6.83. The molecular weight excluding hydrogens is 400 g/mol. The molecule has 0 fully saturated rings. The van der Waals surface area contributed by atoms with E-state index in [1.54, 1.807) is 49.1 Å². The molecule has 3 aromatic rings. The summed E-state index contributed by atoms with van der Waals surface area (Å²) in [5.74, 6) is -0.276. The Kier molecular flexibility index (Phi) is 7.52. The first kappa shape index (κ1) is 22.2. The number of aromatic nitrogens is 3. The van der Waals surface area contributed by atoms with Crippen molar-refractivity contribution in [3.8, 4) is 0 Å². The molecule has 0 radical (unpaired) electrons. The minimum Gasteiger partial charge on any atom is -0.399 e. The highest BCUT2D eigenvalue weighted by Crippen LogP contribution is 2.21. The number of carbonyl (C=O) groups excluding carboxylic acids is 2. The summed E-state index contributed by atoms with van der Waals surface area (Å²) in [4.78, 5) is 34.0. The van der Waals surface area contributed by atoms with Gasteiger partial charge in [0.05, 0.1) is 12.2 Å². The van der Waals surface area contributed by atoms with Gasteiger partial charge in [0.2, 0.25) is 5.95 Å². The number of benzene rings is 1. The van der Waals surface area contributed by atoms with E-state index in [0.29, 0.717) is 66.7 Å². The first-order chi connectivity index (χ1) is 15.0. The fourth-order valence-electron chi connectivity index (χ4n) is 3.03. The van der Waals surface area contributed by atoms with Crippen molar-refractivity contribution in [2.24, 2.45) is 0 Å². The molecule has 2 amide bonds. The van der Waals surface area contributed by atoms with Crippen LogP contribution < -0.4 is 16.4 Å². The molecule has 0 aliphatic rings. The molecule has 0 spiro atoms. The summed E-state index contributed by atoms with van der Waals surface area (Å²) in [6.07, 6.45) is 2.19. The average Bonchev–Trinajstić information content (AvgIpc) is 3.10. The maximum atomic E-state index is 12.7. The Morgan fingerprint density at radius 3 is 2.65 bits per heavy atom. The Labute approximate surface area is 179 Å². The number of nitrogen functional groups attached to an aromatic ring is 1. The van der Waals surface area contributed by atoms with Crippen LogP contribution in [0.15, 0.2) is 36.5 Å². The number of nitrogens with one attached hydrogen (secondary N) is 2. The van der Waals surface area contributed by atoms with Crippen LogP contribution in [-0.4, -0.2) is 60.3 Å². The number of fused-ring (bicyclic) bond motifs is 1. The summed E-state index contributed by atoms with van der Waals surface area (Å²) in [6.45, 7) is 1.88. The van der Waals surface area contributed by atoms with Crippen molar-refractivity contribution in [3.63, 3.8) is 0 Å². The highest BCUT2D eigenvalue weighted by Gasteiger charge is 2.17. The summed E-state index contributed by atoms with van der Waals surface area (Å²) >= 11 is 0. The van der Waals surface area contributed by atoms with Gasteiger partial charge in [-0.25, -0.2) is 9.97 Å². The van der Waals surface area contributed by atoms with Gasteiger partial charge in [-0.1, -0.05) is 6.07 Å². The second kappa shape index (κ2) is 10.5. The van der Waals surface area contributed by atoms with Crippen molar-refractivity contribution in [1.82, 2.24) is 19.9 Å². The predicted molar refractivity (Wildman–Crippen MR) is 117 cm³/mol. The third kappa shape index (κ3) is 5.56. The van der Waals surface area contributed by atoms with Gasteiger partial charge in [0, 0.05) is 51.4 Å². The Morgan fingerprint density at radius 2 is 1.90 bits per heavy atom. The van der Waals surface area contributed by atoms with Crippen LogP contribution in [0, 0.1) is 0 Å². The molecule has 0 unspecified atom stereocenters. The predicted octanol–water partition coefficient (Wildman–Crippen LogP) is 1.68. The van der Waals surface area contributed by atoms with Crippen molar-refractivity contribution < 1.29 is 19.1 Å². The standard InChI is InChI=1S/C21H26N6O4/c1-30-9-4-8-27-18-17(12-15(13-24-18)19(28)23-7-10-31-2)25-21(27)26-20(29)14-5-3-6-16(22)11-14/h3,5-6,11-13H,4,7-10,22H2,1-2H3,(H,23,28)(H,25,26,29). The van der Waals surface area contributed by atoms with Crippen LogP contribution in [0.2, 0.25) is 0 Å². The van der Waals surface area contributed by atoms with E-state index in [2.05, 4.69) is 20.6 Å². The maximum Gasteiger partial charge on any atom is 0.258 e. The van der Waals surface area contributed by atoms with E-state index in [-0.39, 0.29) is 11.8 Å². The van der Waals surface area contributed by atoms with Gasteiger partial charge in [-0.2, -0.15) is 0 Å². The van der Waals surface area contributed by atoms with Crippen molar-refractivity contribution in [2.45, 2.75) is 13.0 Å². The van der Waals surface area contributed by atoms with Crippen molar-refractivity contribution in [2.75, 3.05) is 45.0 Å². The number of ether oxygens (including phenoxy) is 2. The smallest absolute Gasteiger partial charge is 0.258 e. The first-order valence-corrected chi connectivity index (χ1v) is 9.82. The first-order valence-electron chi connectivity index (χ1n) is 9.82. The highest BCUT2D eigenvalue weighted by molar-refractivity contribution is 6.04. The number of hydrogen-bond acceptors (Lipinski definition) is 7. The molecule has 0 aliphatic heterocycles. The third-order valence-electron chi connectivity index (χ3n) is 4.54. The number of nitrogens with zero attached hydrogens (tertiary/aromatic N) is 3. The quantitative estimate of drug-likeness (QED) is 0.332. The number of aryl methyl sites for hydroxylation is 1. The molecule has 2 aromatic heterocycles. The minimum absolute atomic E-state index is 0.272. The summed E-state index contributed by atoms with van der Waals surface area (Å²) in [7, 11) is 3.19. The molecule has 0 bridgehead atoms. The molecule has 31 heavy (non-hydrogen) atoms. The number of hydrogen-bond donors (Lipinski definition) is 3. The van der Waals surface area contributed by atoms with Crippen molar-refractivity contribution in [1.29, 1.82) is 0 Å². The van der Waals surface area contributed by atoms with Crippen LogP contribution in [0.5, 0.6) is 0 Å². The molecule has 10 nitrogen and oxygen atoms in total. The van der Waals surface area contributed by atoms with Gasteiger partial charge in [-0.3, -0.25) is 19.5 Å². The number of anilines is 2. The Hall–Kier alpha value is -3.50. The van der Waals surface area contributed by atoms with Crippen LogP contribution in [0.3, 0.4) is 0 Å². The van der Waals surface area contributed by atoms with E-state index in [0.717, 1.165) is 0 Å². The lowest BCUT2D eigenvalue weighted by Gasteiger charge is -2.10. The SMILES string of the molecule is COCCCn1c(NC(=O)c2cccc(N)c2)nc2cc(C(=O)NCCOC)cnc21. The van der Waals surface area contributed by atoms with Gasteiger partial charge in [-0.15, -0.1) is 0 Å². The second-order valence-corrected chi connectivity index (χ2v) is 6.83. The zero-order valence-corrected chi connectivity index (χ0v) is 17.6. The van der Waals surface area contributed by atoms with Crippen molar-refractivity contribution >= 4 is 34.6 Å². The Bertz CT molecular complexity index is 1070. The summed E-state index contributed by atoms with van der Waals surface area (Å²) in [6, 6.07) is 8.33. The number of pyridine rings is 1. The number of rotatable bonds is 10. The van der Waals surface area contributed by atoms with Crippen molar-refractivity contribution in [3.05, 3.63) is 47.7 Å². The molecular formula is C21H26N6O4. The highest BCUT2D eigenvalue weighted by atomic mass is 16.5. The van der Waals surface area contributed by atoms with Crippen LogP contribution in [-0.2, 0) is 16.0 Å². The number of amides is 2. The summed E-state index contributed by atoms with van der Waals surface area (Å²) in [5, 5.41) is 5.57. The number of nitrogens with two attached hydrogens (primary N) is 1. The van der Waals surface area contributed by atoms with Crippen LogP contribution in [0.1, 0.15) is 27.1 Å². The summed E-state index contributed by atoms with van der Waals surface area (Å²) in [5.41, 5.74) is 8.13. The lowest BCUT2D eigenvalue weighted by molar-refractivity contribution is 0.0936. The summed E-state index contributed by atoms with van der Waals surface area (Å²) < 4.78 is 11.9. The molecule has 0 saturated carbocycles. The van der Waals surface area contributed by atoms with Crippen LogP contribution in [0.25, 0.3) is 11.2 Å². The molecule has 0 aliphatic carbocycles. The molecule has 4 N–H and O–H groups in total. The van der Waals surface area contributed by atoms with E-state index in [1.807, 2.05) is 0 Å². The van der Waals surface area contributed by atoms with E-state index in [4.69, 9.17) is 15.2 Å². The van der Waals surface area contributed by atoms with E-state index in [9.17, 15) is 9.59 Å². The zero-order valence-electron chi connectivity index (χ0n) is 17.6. The Morgan fingerprint density at radius 1 is 1.10 bits per heavy atom. The van der Waals surface area contributed by atoms with Gasteiger partial charge in [-0.05, 0) is 30.7 Å². The molecule has 164 valence electrons. The largest absolute Gasteiger partial charge is 0.399 e. The fraction of sp³-hybridized carbons (Fsp3) is 0.333. The monoisotopic (exact) mass is 426 g/mol. The lowest BCUT2D eigenvalue weighted by Crippen LogP contribution is -2.27.